The summed E-state index contributed by atoms with van der Waals surface area (Å²) in [5.74, 6) is 0.365. The van der Waals surface area contributed by atoms with Crippen molar-refractivity contribution in [1.82, 2.24) is 14.8 Å². The second-order valence-corrected chi connectivity index (χ2v) is 3.95. The lowest BCUT2D eigenvalue weighted by Gasteiger charge is -2.02. The fourth-order valence-corrected chi connectivity index (χ4v) is 1.87. The number of benzene rings is 1. The average molecular weight is 252 g/mol. The Labute approximate surface area is 107 Å². The van der Waals surface area contributed by atoms with Gasteiger partial charge in [0.2, 0.25) is 5.69 Å². The first-order valence-corrected chi connectivity index (χ1v) is 5.55. The molecule has 0 atom stereocenters. The highest BCUT2D eigenvalue weighted by Crippen LogP contribution is 2.14. The van der Waals surface area contributed by atoms with Crippen LogP contribution in [0.1, 0.15) is 11.6 Å². The molecule has 0 saturated carbocycles. The van der Waals surface area contributed by atoms with E-state index in [0.717, 1.165) is 10.1 Å². The van der Waals surface area contributed by atoms with E-state index in [2.05, 4.69) is 10.1 Å². The normalized spacial score (nSPS) is 10.5. The Bertz CT molecular complexity index is 870. The summed E-state index contributed by atoms with van der Waals surface area (Å²) in [7, 11) is 0. The Morgan fingerprint density at radius 1 is 1.37 bits per heavy atom. The van der Waals surface area contributed by atoms with Gasteiger partial charge in [0.15, 0.2) is 5.89 Å². The van der Waals surface area contributed by atoms with Crippen LogP contribution in [0, 0.1) is 18.3 Å². The summed E-state index contributed by atoms with van der Waals surface area (Å²) < 4.78 is 6.34. The van der Waals surface area contributed by atoms with Gasteiger partial charge in [0.05, 0.1) is 11.6 Å². The van der Waals surface area contributed by atoms with Crippen molar-refractivity contribution in [1.29, 1.82) is 5.26 Å². The van der Waals surface area contributed by atoms with Gasteiger partial charge in [-0.25, -0.2) is 4.98 Å². The van der Waals surface area contributed by atoms with Gasteiger partial charge in [-0.15, -0.1) is 0 Å². The molecule has 3 aromatic rings. The summed E-state index contributed by atoms with van der Waals surface area (Å²) in [4.78, 5) is 16.2. The van der Waals surface area contributed by atoms with Gasteiger partial charge in [-0.2, -0.15) is 15.0 Å². The third-order valence-electron chi connectivity index (χ3n) is 2.71. The molecule has 0 aliphatic heterocycles. The van der Waals surface area contributed by atoms with Crippen LogP contribution in [-0.4, -0.2) is 14.8 Å². The summed E-state index contributed by atoms with van der Waals surface area (Å²) >= 11 is 0. The Kier molecular flexibility index (Phi) is 2.39. The highest BCUT2D eigenvalue weighted by Gasteiger charge is 2.16. The molecule has 1 aromatic carbocycles. The molecule has 92 valence electrons. The molecular formula is C13H8N4O2. The van der Waals surface area contributed by atoms with Crippen LogP contribution < -0.4 is 5.56 Å². The number of hydrogen-bond acceptors (Lipinski definition) is 5. The largest absolute Gasteiger partial charge is 0.422 e. The summed E-state index contributed by atoms with van der Waals surface area (Å²) in [5, 5.41) is 14.2. The quantitative estimate of drug-likeness (QED) is 0.656. The van der Waals surface area contributed by atoms with E-state index in [1.807, 2.05) is 12.1 Å². The van der Waals surface area contributed by atoms with Crippen LogP contribution in [0.25, 0.3) is 16.7 Å². The fourth-order valence-electron chi connectivity index (χ4n) is 1.87. The first kappa shape index (κ1) is 11.2. The number of aromatic nitrogens is 3. The van der Waals surface area contributed by atoms with E-state index >= 15 is 0 Å². The van der Waals surface area contributed by atoms with E-state index in [1.165, 1.54) is 0 Å². The van der Waals surface area contributed by atoms with Crippen molar-refractivity contribution >= 4 is 10.8 Å². The Balaban J connectivity index is 2.35. The first-order valence-electron chi connectivity index (χ1n) is 5.55. The van der Waals surface area contributed by atoms with Gasteiger partial charge in [0, 0.05) is 12.3 Å². The number of rotatable bonds is 1. The Morgan fingerprint density at radius 3 is 2.95 bits per heavy atom. The minimum absolute atomic E-state index is 0.0439. The maximum Gasteiger partial charge on any atom is 0.282 e. The SMILES string of the molecule is Cc1nc(C#N)c(-n2ncc3ccccc3c2=O)o1. The average Bonchev–Trinajstić information content (AvgIpc) is 2.80. The molecule has 0 N–H and O–H groups in total. The van der Waals surface area contributed by atoms with E-state index in [0.29, 0.717) is 11.3 Å². The van der Waals surface area contributed by atoms with Crippen LogP contribution in [0.15, 0.2) is 39.7 Å². The van der Waals surface area contributed by atoms with Crippen LogP contribution in [0.2, 0.25) is 0 Å². The molecule has 0 radical (unpaired) electrons. The van der Waals surface area contributed by atoms with E-state index in [1.54, 1.807) is 31.3 Å². The lowest BCUT2D eigenvalue weighted by molar-refractivity contribution is 0.482. The standard InChI is InChI=1S/C13H8N4O2/c1-8-16-11(6-14)13(19-8)17-12(18)10-5-3-2-4-9(10)7-15-17/h2-5,7H,1H3. The molecule has 6 nitrogen and oxygen atoms in total. The van der Waals surface area contributed by atoms with Crippen molar-refractivity contribution in [3.05, 3.63) is 52.4 Å². The van der Waals surface area contributed by atoms with Crippen LogP contribution in [0.3, 0.4) is 0 Å². The monoisotopic (exact) mass is 252 g/mol. The van der Waals surface area contributed by atoms with Crippen molar-refractivity contribution in [3.63, 3.8) is 0 Å². The predicted molar refractivity (Wildman–Crippen MR) is 66.9 cm³/mol. The zero-order chi connectivity index (χ0) is 13.4. The molecule has 0 saturated heterocycles. The number of fused-ring (bicyclic) bond motifs is 1. The summed E-state index contributed by atoms with van der Waals surface area (Å²) in [6.45, 7) is 1.61. The van der Waals surface area contributed by atoms with Crippen molar-refractivity contribution in [2.24, 2.45) is 0 Å². The van der Waals surface area contributed by atoms with Crippen molar-refractivity contribution in [3.8, 4) is 12.0 Å². The summed E-state index contributed by atoms with van der Waals surface area (Å²) in [5.41, 5.74) is -0.298. The highest BCUT2D eigenvalue weighted by atomic mass is 16.4. The lowest BCUT2D eigenvalue weighted by atomic mass is 10.2. The molecule has 0 aliphatic carbocycles. The number of hydrogen-bond donors (Lipinski definition) is 0. The zero-order valence-electron chi connectivity index (χ0n) is 9.99. The van der Waals surface area contributed by atoms with Gasteiger partial charge in [-0.3, -0.25) is 4.79 Å². The minimum atomic E-state index is -0.342. The predicted octanol–water partition coefficient (Wildman–Crippen LogP) is 1.55. The molecule has 0 bridgehead atoms. The van der Waals surface area contributed by atoms with E-state index in [9.17, 15) is 4.79 Å². The summed E-state index contributed by atoms with van der Waals surface area (Å²) in [6, 6.07) is 8.98. The van der Waals surface area contributed by atoms with Gasteiger partial charge in [0.1, 0.15) is 6.07 Å². The highest BCUT2D eigenvalue weighted by molar-refractivity contribution is 5.80. The van der Waals surface area contributed by atoms with Crippen LogP contribution >= 0.6 is 0 Å². The van der Waals surface area contributed by atoms with Crippen LogP contribution in [0.5, 0.6) is 0 Å². The molecule has 2 aromatic heterocycles. The Morgan fingerprint density at radius 2 is 2.16 bits per heavy atom. The van der Waals surface area contributed by atoms with Crippen LogP contribution in [0.4, 0.5) is 0 Å². The molecule has 0 fully saturated rings. The second kappa shape index (κ2) is 4.07. The molecule has 0 spiro atoms. The van der Waals surface area contributed by atoms with E-state index in [-0.39, 0.29) is 17.1 Å². The molecule has 0 amide bonds. The van der Waals surface area contributed by atoms with E-state index in [4.69, 9.17) is 9.68 Å². The van der Waals surface area contributed by atoms with E-state index < -0.39 is 0 Å². The molecule has 2 heterocycles. The third-order valence-corrected chi connectivity index (χ3v) is 2.71. The number of aryl methyl sites for hydroxylation is 1. The third kappa shape index (κ3) is 1.68. The Hall–Kier alpha value is -2.94. The van der Waals surface area contributed by atoms with Crippen molar-refractivity contribution in [2.75, 3.05) is 0 Å². The lowest BCUT2D eigenvalue weighted by Crippen LogP contribution is -2.21. The molecule has 19 heavy (non-hydrogen) atoms. The molecule has 0 unspecified atom stereocenters. The van der Waals surface area contributed by atoms with Crippen LogP contribution in [-0.2, 0) is 0 Å². The fraction of sp³-hybridized carbons (Fsp3) is 0.0769. The van der Waals surface area contributed by atoms with Gasteiger partial charge in [-0.1, -0.05) is 18.2 Å². The van der Waals surface area contributed by atoms with Gasteiger partial charge in [-0.05, 0) is 6.07 Å². The van der Waals surface area contributed by atoms with Gasteiger partial charge >= 0.3 is 0 Å². The topological polar surface area (TPSA) is 84.7 Å². The molecule has 6 heteroatoms. The molecule has 0 aliphatic rings. The second-order valence-electron chi connectivity index (χ2n) is 3.95. The zero-order valence-corrected chi connectivity index (χ0v) is 9.99. The maximum absolute atomic E-state index is 12.3. The first-order chi connectivity index (χ1) is 9.20. The molecule has 3 rings (SSSR count). The number of nitriles is 1. The van der Waals surface area contributed by atoms with Crippen molar-refractivity contribution in [2.45, 2.75) is 6.92 Å². The maximum atomic E-state index is 12.3. The number of oxazole rings is 1. The summed E-state index contributed by atoms with van der Waals surface area (Å²) in [6.07, 6.45) is 1.55. The van der Waals surface area contributed by atoms with Gasteiger partial charge < -0.3 is 4.42 Å². The van der Waals surface area contributed by atoms with Gasteiger partial charge in [0.25, 0.3) is 11.4 Å². The van der Waals surface area contributed by atoms with Crippen molar-refractivity contribution < 1.29 is 4.42 Å². The number of nitrogens with zero attached hydrogens (tertiary/aromatic N) is 4. The smallest absolute Gasteiger partial charge is 0.282 e. The molecular weight excluding hydrogens is 244 g/mol. The minimum Gasteiger partial charge on any atom is -0.422 e.